The predicted molar refractivity (Wildman–Crippen MR) is 75.4 cm³/mol. The van der Waals surface area contributed by atoms with E-state index in [0.29, 0.717) is 0 Å². The maximum Gasteiger partial charge on any atom is 0.230 e. The molecule has 0 fully saturated rings. The number of amides is 2. The Morgan fingerprint density at radius 1 is 1.47 bits per heavy atom. The van der Waals surface area contributed by atoms with Crippen LogP contribution in [0.15, 0.2) is 12.4 Å². The fourth-order valence-electron chi connectivity index (χ4n) is 1.67. The third-order valence-electron chi connectivity index (χ3n) is 2.60. The van der Waals surface area contributed by atoms with E-state index in [1.807, 2.05) is 31.7 Å². The van der Waals surface area contributed by atoms with Crippen molar-refractivity contribution in [3.05, 3.63) is 18.2 Å². The van der Waals surface area contributed by atoms with Gasteiger partial charge in [-0.15, -0.1) is 11.8 Å². The molecule has 2 amide bonds. The van der Waals surface area contributed by atoms with Crippen molar-refractivity contribution in [1.29, 1.82) is 0 Å². The van der Waals surface area contributed by atoms with Crippen LogP contribution in [0.25, 0.3) is 0 Å². The number of thioether (sulfide) groups is 1. The van der Waals surface area contributed by atoms with E-state index in [1.165, 1.54) is 11.8 Å². The highest BCUT2D eigenvalue weighted by Gasteiger charge is 2.21. The van der Waals surface area contributed by atoms with Crippen molar-refractivity contribution in [2.75, 3.05) is 11.5 Å². The average Bonchev–Trinajstić information content (AvgIpc) is 2.71. The molecule has 106 valence electrons. The van der Waals surface area contributed by atoms with Crippen LogP contribution >= 0.6 is 11.8 Å². The Kier molecular flexibility index (Phi) is 5.88. The number of aryl methyl sites for hydroxylation is 1. The Balaban J connectivity index is 2.58. The fraction of sp³-hybridized carbons (Fsp3) is 0.583. The topological polar surface area (TPSA) is 90.0 Å². The molecule has 0 saturated heterocycles. The van der Waals surface area contributed by atoms with Crippen molar-refractivity contribution in [2.45, 2.75) is 19.9 Å². The molecule has 6 nitrogen and oxygen atoms in total. The van der Waals surface area contributed by atoms with Gasteiger partial charge in [0.1, 0.15) is 5.82 Å². The number of imidazole rings is 1. The van der Waals surface area contributed by atoms with Gasteiger partial charge in [-0.25, -0.2) is 4.98 Å². The highest BCUT2D eigenvalue weighted by atomic mass is 32.2. The van der Waals surface area contributed by atoms with Crippen LogP contribution in [0.5, 0.6) is 0 Å². The highest BCUT2D eigenvalue weighted by Crippen LogP contribution is 2.19. The van der Waals surface area contributed by atoms with E-state index in [9.17, 15) is 9.59 Å². The molecule has 0 radical (unpaired) electrons. The molecular formula is C12H20N4O2S. The third-order valence-corrected chi connectivity index (χ3v) is 3.55. The SMILES string of the molecule is CC(C)C(NC(=O)CSCC(N)=O)c1nccn1C. The number of nitrogens with two attached hydrogens (primary N) is 1. The van der Waals surface area contributed by atoms with Crippen LogP contribution in [0, 0.1) is 5.92 Å². The number of aromatic nitrogens is 2. The third kappa shape index (κ3) is 4.94. The van der Waals surface area contributed by atoms with Crippen molar-refractivity contribution >= 4 is 23.6 Å². The van der Waals surface area contributed by atoms with E-state index in [-0.39, 0.29) is 29.4 Å². The predicted octanol–water partition coefficient (Wildman–Crippen LogP) is 0.452. The molecule has 1 aromatic rings. The number of carbonyl (C=O) groups is 2. The summed E-state index contributed by atoms with van der Waals surface area (Å²) in [5, 5.41) is 2.94. The molecule has 3 N–H and O–H groups in total. The van der Waals surface area contributed by atoms with Gasteiger partial charge < -0.3 is 15.6 Å². The molecule has 7 heteroatoms. The summed E-state index contributed by atoms with van der Waals surface area (Å²) in [6, 6.07) is -0.137. The second-order valence-corrected chi connectivity index (χ2v) is 5.63. The number of rotatable bonds is 7. The zero-order chi connectivity index (χ0) is 14.4. The summed E-state index contributed by atoms with van der Waals surface area (Å²) in [6.07, 6.45) is 3.55. The Morgan fingerprint density at radius 2 is 2.16 bits per heavy atom. The van der Waals surface area contributed by atoms with Crippen LogP contribution in [0.4, 0.5) is 0 Å². The van der Waals surface area contributed by atoms with Gasteiger partial charge >= 0.3 is 0 Å². The monoisotopic (exact) mass is 284 g/mol. The van der Waals surface area contributed by atoms with Crippen molar-refractivity contribution in [2.24, 2.45) is 18.7 Å². The van der Waals surface area contributed by atoms with Crippen molar-refractivity contribution in [3.8, 4) is 0 Å². The summed E-state index contributed by atoms with van der Waals surface area (Å²) in [7, 11) is 1.89. The molecule has 1 unspecified atom stereocenters. The number of carbonyl (C=O) groups excluding carboxylic acids is 2. The fourth-order valence-corrected chi connectivity index (χ4v) is 2.24. The normalized spacial score (nSPS) is 12.4. The van der Waals surface area contributed by atoms with E-state index in [1.54, 1.807) is 6.20 Å². The molecule has 0 aliphatic carbocycles. The van der Waals surface area contributed by atoms with E-state index < -0.39 is 5.91 Å². The lowest BCUT2D eigenvalue weighted by molar-refractivity contribution is -0.119. The second kappa shape index (κ2) is 7.18. The van der Waals surface area contributed by atoms with Gasteiger partial charge in [-0.05, 0) is 5.92 Å². The quantitative estimate of drug-likeness (QED) is 0.761. The molecule has 0 aliphatic heterocycles. The molecule has 0 saturated carbocycles. The molecular weight excluding hydrogens is 264 g/mol. The van der Waals surface area contributed by atoms with Gasteiger partial charge in [0, 0.05) is 19.4 Å². The van der Waals surface area contributed by atoms with Gasteiger partial charge in [0.2, 0.25) is 11.8 Å². The number of nitrogens with one attached hydrogen (secondary N) is 1. The smallest absolute Gasteiger partial charge is 0.230 e. The van der Waals surface area contributed by atoms with Crippen LogP contribution in [0.1, 0.15) is 25.7 Å². The minimum atomic E-state index is -0.415. The second-order valence-electron chi connectivity index (χ2n) is 4.64. The molecule has 1 rings (SSSR count). The maximum absolute atomic E-state index is 11.8. The molecule has 0 aromatic carbocycles. The largest absolute Gasteiger partial charge is 0.369 e. The standard InChI is InChI=1S/C12H20N4O2S/c1-8(2)11(12-14-4-5-16(12)3)15-10(18)7-19-6-9(13)17/h4-5,8,11H,6-7H2,1-3H3,(H2,13,17)(H,15,18). The van der Waals surface area contributed by atoms with Crippen LogP contribution in [0.3, 0.4) is 0 Å². The summed E-state index contributed by atoms with van der Waals surface area (Å²) in [6.45, 7) is 4.05. The Morgan fingerprint density at radius 3 is 2.63 bits per heavy atom. The van der Waals surface area contributed by atoms with Gasteiger partial charge in [0.05, 0.1) is 17.5 Å². The lowest BCUT2D eigenvalue weighted by Crippen LogP contribution is -2.34. The molecule has 1 aromatic heterocycles. The summed E-state index contributed by atoms with van der Waals surface area (Å²) < 4.78 is 1.89. The highest BCUT2D eigenvalue weighted by molar-refractivity contribution is 8.00. The van der Waals surface area contributed by atoms with Gasteiger partial charge in [0.15, 0.2) is 0 Å². The minimum Gasteiger partial charge on any atom is -0.369 e. The molecule has 0 spiro atoms. The zero-order valence-corrected chi connectivity index (χ0v) is 12.2. The Labute approximate surface area is 117 Å². The van der Waals surface area contributed by atoms with Gasteiger partial charge in [-0.3, -0.25) is 9.59 Å². The first-order valence-corrected chi connectivity index (χ1v) is 7.20. The Bertz CT molecular complexity index is 445. The molecule has 19 heavy (non-hydrogen) atoms. The number of hydrogen-bond acceptors (Lipinski definition) is 4. The first-order valence-electron chi connectivity index (χ1n) is 6.04. The van der Waals surface area contributed by atoms with Crippen LogP contribution in [0.2, 0.25) is 0 Å². The number of primary amides is 1. The average molecular weight is 284 g/mol. The van der Waals surface area contributed by atoms with Crippen LogP contribution in [-0.4, -0.2) is 32.9 Å². The van der Waals surface area contributed by atoms with E-state index in [2.05, 4.69) is 10.3 Å². The zero-order valence-electron chi connectivity index (χ0n) is 11.4. The summed E-state index contributed by atoms with van der Waals surface area (Å²) in [5.74, 6) is 0.892. The Hall–Kier alpha value is -1.50. The van der Waals surface area contributed by atoms with Crippen molar-refractivity contribution in [1.82, 2.24) is 14.9 Å². The summed E-state index contributed by atoms with van der Waals surface area (Å²) in [4.78, 5) is 26.7. The van der Waals surface area contributed by atoms with Crippen LogP contribution in [-0.2, 0) is 16.6 Å². The van der Waals surface area contributed by atoms with Crippen molar-refractivity contribution in [3.63, 3.8) is 0 Å². The van der Waals surface area contributed by atoms with Gasteiger partial charge in [-0.2, -0.15) is 0 Å². The van der Waals surface area contributed by atoms with E-state index in [4.69, 9.17) is 5.73 Å². The lowest BCUT2D eigenvalue weighted by atomic mass is 10.0. The summed E-state index contributed by atoms with van der Waals surface area (Å²) >= 11 is 1.21. The molecule has 0 bridgehead atoms. The van der Waals surface area contributed by atoms with Gasteiger partial charge in [0.25, 0.3) is 0 Å². The van der Waals surface area contributed by atoms with E-state index >= 15 is 0 Å². The van der Waals surface area contributed by atoms with E-state index in [0.717, 1.165) is 5.82 Å². The summed E-state index contributed by atoms with van der Waals surface area (Å²) in [5.41, 5.74) is 5.02. The molecule has 1 heterocycles. The lowest BCUT2D eigenvalue weighted by Gasteiger charge is -2.22. The maximum atomic E-state index is 11.8. The first-order chi connectivity index (χ1) is 8.91. The molecule has 0 aliphatic rings. The number of nitrogens with zero attached hydrogens (tertiary/aromatic N) is 2. The van der Waals surface area contributed by atoms with Gasteiger partial charge in [-0.1, -0.05) is 13.8 Å². The molecule has 1 atom stereocenters. The van der Waals surface area contributed by atoms with Crippen molar-refractivity contribution < 1.29 is 9.59 Å². The number of hydrogen-bond donors (Lipinski definition) is 2. The first kappa shape index (κ1) is 15.6. The van der Waals surface area contributed by atoms with Crippen LogP contribution < -0.4 is 11.1 Å². The minimum absolute atomic E-state index is 0.118.